The molecule has 0 bridgehead atoms. The maximum absolute atomic E-state index is 13.2. The first-order valence-electron chi connectivity index (χ1n) is 5.78. The third-order valence-electron chi connectivity index (χ3n) is 2.92. The Morgan fingerprint density at radius 3 is 2.45 bits per heavy atom. The summed E-state index contributed by atoms with van der Waals surface area (Å²) in [6, 6.07) is 6.41. The molecular formula is C15H11ClF2O2. The largest absolute Gasteiger partial charge is 0.496 e. The van der Waals surface area contributed by atoms with E-state index >= 15 is 0 Å². The summed E-state index contributed by atoms with van der Waals surface area (Å²) in [5.41, 5.74) is 1.07. The highest BCUT2D eigenvalue weighted by Gasteiger charge is 2.17. The summed E-state index contributed by atoms with van der Waals surface area (Å²) in [5, 5.41) is -0.131. The minimum absolute atomic E-state index is 0.0866. The van der Waals surface area contributed by atoms with E-state index < -0.39 is 17.4 Å². The summed E-state index contributed by atoms with van der Waals surface area (Å²) >= 11 is 5.79. The molecule has 0 unspecified atom stereocenters. The molecule has 5 heteroatoms. The van der Waals surface area contributed by atoms with Crippen molar-refractivity contribution < 1.29 is 18.3 Å². The van der Waals surface area contributed by atoms with E-state index in [9.17, 15) is 13.6 Å². The molecule has 0 saturated carbocycles. The number of halogens is 3. The third kappa shape index (κ3) is 2.65. The third-order valence-corrected chi connectivity index (χ3v) is 3.24. The summed E-state index contributed by atoms with van der Waals surface area (Å²) in [4.78, 5) is 12.3. The first-order valence-corrected chi connectivity index (χ1v) is 6.15. The van der Waals surface area contributed by atoms with Gasteiger partial charge >= 0.3 is 0 Å². The zero-order chi connectivity index (χ0) is 14.9. The number of ketones is 1. The lowest BCUT2D eigenvalue weighted by Crippen LogP contribution is -2.04. The van der Waals surface area contributed by atoms with E-state index in [1.54, 1.807) is 12.1 Å². The molecule has 2 aromatic carbocycles. The van der Waals surface area contributed by atoms with E-state index in [2.05, 4.69) is 0 Å². The number of carbonyl (C=O) groups excluding carboxylic acids is 1. The van der Waals surface area contributed by atoms with E-state index in [1.807, 2.05) is 6.92 Å². The van der Waals surface area contributed by atoms with Crippen molar-refractivity contribution in [1.29, 1.82) is 0 Å². The minimum Gasteiger partial charge on any atom is -0.496 e. The Labute approximate surface area is 119 Å². The van der Waals surface area contributed by atoms with Crippen molar-refractivity contribution in [2.24, 2.45) is 0 Å². The van der Waals surface area contributed by atoms with Crippen LogP contribution in [0.25, 0.3) is 0 Å². The van der Waals surface area contributed by atoms with E-state index in [0.29, 0.717) is 11.3 Å². The Balaban J connectivity index is 2.49. The number of ether oxygens (including phenoxy) is 1. The lowest BCUT2D eigenvalue weighted by atomic mass is 10.0. The van der Waals surface area contributed by atoms with Crippen molar-refractivity contribution in [3.63, 3.8) is 0 Å². The van der Waals surface area contributed by atoms with Gasteiger partial charge in [0.05, 0.1) is 12.1 Å². The molecule has 20 heavy (non-hydrogen) atoms. The van der Waals surface area contributed by atoms with Crippen molar-refractivity contribution in [2.45, 2.75) is 6.92 Å². The van der Waals surface area contributed by atoms with Crippen LogP contribution in [0.5, 0.6) is 5.75 Å². The summed E-state index contributed by atoms with van der Waals surface area (Å²) < 4.78 is 31.4. The normalized spacial score (nSPS) is 10.4. The molecule has 0 atom stereocenters. The maximum atomic E-state index is 13.2. The van der Waals surface area contributed by atoms with Gasteiger partial charge in [-0.2, -0.15) is 0 Å². The quantitative estimate of drug-likeness (QED) is 0.628. The van der Waals surface area contributed by atoms with Gasteiger partial charge in [-0.15, -0.1) is 0 Å². The smallest absolute Gasteiger partial charge is 0.194 e. The van der Waals surface area contributed by atoms with Crippen LogP contribution in [0.4, 0.5) is 8.78 Å². The van der Waals surface area contributed by atoms with Crippen LogP contribution in [-0.4, -0.2) is 12.9 Å². The standard InChI is InChI=1S/C15H11ClF2O2/c1-8-3-4-9(5-14(8)20-2)15(19)10-6-12(17)13(18)7-11(10)16/h3-7H,1-2H3. The predicted molar refractivity (Wildman–Crippen MR) is 72.5 cm³/mol. The Hall–Kier alpha value is -1.94. The molecular weight excluding hydrogens is 286 g/mol. The molecule has 0 aromatic heterocycles. The first-order chi connectivity index (χ1) is 9.43. The number of aryl methyl sites for hydroxylation is 1. The van der Waals surface area contributed by atoms with Gasteiger partial charge in [-0.1, -0.05) is 23.7 Å². The molecule has 0 radical (unpaired) electrons. The van der Waals surface area contributed by atoms with Gasteiger partial charge in [0.1, 0.15) is 5.75 Å². The van der Waals surface area contributed by atoms with Gasteiger partial charge in [-0.25, -0.2) is 8.78 Å². The van der Waals surface area contributed by atoms with Crippen LogP contribution >= 0.6 is 11.6 Å². The van der Waals surface area contributed by atoms with Crippen LogP contribution in [0.3, 0.4) is 0 Å². The average molecular weight is 297 g/mol. The van der Waals surface area contributed by atoms with Gasteiger partial charge < -0.3 is 4.74 Å². The number of rotatable bonds is 3. The van der Waals surface area contributed by atoms with Crippen LogP contribution in [0, 0.1) is 18.6 Å². The fourth-order valence-electron chi connectivity index (χ4n) is 1.81. The molecule has 2 nitrogen and oxygen atoms in total. The Bertz CT molecular complexity index is 684. The fraction of sp³-hybridized carbons (Fsp3) is 0.133. The maximum Gasteiger partial charge on any atom is 0.194 e. The number of benzene rings is 2. The fourth-order valence-corrected chi connectivity index (χ4v) is 2.05. The van der Waals surface area contributed by atoms with E-state index in [0.717, 1.165) is 17.7 Å². The molecule has 0 saturated heterocycles. The molecule has 104 valence electrons. The Morgan fingerprint density at radius 2 is 1.80 bits per heavy atom. The van der Waals surface area contributed by atoms with Crippen LogP contribution in [-0.2, 0) is 0 Å². The topological polar surface area (TPSA) is 26.3 Å². The Kier molecular flexibility index (Phi) is 4.04. The molecule has 0 amide bonds. The SMILES string of the molecule is COc1cc(C(=O)c2cc(F)c(F)cc2Cl)ccc1C. The van der Waals surface area contributed by atoms with Gasteiger partial charge in [0, 0.05) is 11.1 Å². The monoisotopic (exact) mass is 296 g/mol. The van der Waals surface area contributed by atoms with Gasteiger partial charge in [-0.3, -0.25) is 4.79 Å². The Morgan fingerprint density at radius 1 is 1.15 bits per heavy atom. The van der Waals surface area contributed by atoms with E-state index in [4.69, 9.17) is 16.3 Å². The number of hydrogen-bond acceptors (Lipinski definition) is 2. The summed E-state index contributed by atoms with van der Waals surface area (Å²) in [6.07, 6.45) is 0. The van der Waals surface area contributed by atoms with Crippen LogP contribution < -0.4 is 4.74 Å². The molecule has 0 aliphatic rings. The van der Waals surface area contributed by atoms with Gasteiger partial charge in [0.15, 0.2) is 17.4 Å². The number of carbonyl (C=O) groups is 1. The average Bonchev–Trinajstić information content (AvgIpc) is 2.42. The van der Waals surface area contributed by atoms with E-state index in [1.165, 1.54) is 13.2 Å². The zero-order valence-electron chi connectivity index (χ0n) is 10.8. The molecule has 2 aromatic rings. The molecule has 0 heterocycles. The van der Waals surface area contributed by atoms with Gasteiger partial charge in [0.2, 0.25) is 0 Å². The molecule has 0 spiro atoms. The van der Waals surface area contributed by atoms with Crippen molar-refractivity contribution in [1.82, 2.24) is 0 Å². The second-order valence-electron chi connectivity index (χ2n) is 4.26. The highest BCUT2D eigenvalue weighted by Crippen LogP contribution is 2.25. The van der Waals surface area contributed by atoms with Crippen molar-refractivity contribution in [2.75, 3.05) is 7.11 Å². The van der Waals surface area contributed by atoms with Gasteiger partial charge in [-0.05, 0) is 30.7 Å². The molecule has 0 aliphatic heterocycles. The minimum atomic E-state index is -1.11. The van der Waals surface area contributed by atoms with Crippen LogP contribution in [0.1, 0.15) is 21.5 Å². The number of methoxy groups -OCH3 is 1. The van der Waals surface area contributed by atoms with E-state index in [-0.39, 0.29) is 10.6 Å². The highest BCUT2D eigenvalue weighted by atomic mass is 35.5. The van der Waals surface area contributed by atoms with Crippen molar-refractivity contribution >= 4 is 17.4 Å². The van der Waals surface area contributed by atoms with Crippen molar-refractivity contribution in [3.8, 4) is 5.75 Å². The second kappa shape index (κ2) is 5.59. The molecule has 0 N–H and O–H groups in total. The second-order valence-corrected chi connectivity index (χ2v) is 4.67. The van der Waals surface area contributed by atoms with Gasteiger partial charge in [0.25, 0.3) is 0 Å². The van der Waals surface area contributed by atoms with Crippen molar-refractivity contribution in [3.05, 3.63) is 63.7 Å². The highest BCUT2D eigenvalue weighted by molar-refractivity contribution is 6.35. The lowest BCUT2D eigenvalue weighted by Gasteiger charge is -2.08. The van der Waals surface area contributed by atoms with Crippen LogP contribution in [0.15, 0.2) is 30.3 Å². The lowest BCUT2D eigenvalue weighted by molar-refractivity contribution is 0.103. The summed E-state index contributed by atoms with van der Waals surface area (Å²) in [6.45, 7) is 1.83. The molecule has 0 fully saturated rings. The molecule has 2 rings (SSSR count). The summed E-state index contributed by atoms with van der Waals surface area (Å²) in [7, 11) is 1.49. The molecule has 0 aliphatic carbocycles. The zero-order valence-corrected chi connectivity index (χ0v) is 11.6. The summed E-state index contributed by atoms with van der Waals surface area (Å²) in [5.74, 6) is -2.16. The van der Waals surface area contributed by atoms with Crippen LogP contribution in [0.2, 0.25) is 5.02 Å². The first kappa shape index (κ1) is 14.5. The number of hydrogen-bond donors (Lipinski definition) is 0. The predicted octanol–water partition coefficient (Wildman–Crippen LogP) is 4.17.